The molecule has 2 rings (SSSR count). The predicted octanol–water partition coefficient (Wildman–Crippen LogP) is 3.28. The molecule has 17 heavy (non-hydrogen) atoms. The van der Waals surface area contributed by atoms with E-state index >= 15 is 0 Å². The summed E-state index contributed by atoms with van der Waals surface area (Å²) in [6.07, 6.45) is 6.19. The van der Waals surface area contributed by atoms with Crippen molar-refractivity contribution in [1.29, 1.82) is 0 Å². The Morgan fingerprint density at radius 2 is 1.76 bits per heavy atom. The van der Waals surface area contributed by atoms with Crippen molar-refractivity contribution >= 4 is 16.5 Å². The Balaban J connectivity index is 2.11. The van der Waals surface area contributed by atoms with Gasteiger partial charge in [0.05, 0.1) is 16.7 Å². The number of hydrogen-bond acceptors (Lipinski definition) is 4. The number of aliphatic hydroxyl groups is 1. The molecule has 4 heteroatoms. The van der Waals surface area contributed by atoms with Gasteiger partial charge in [0.15, 0.2) is 5.13 Å². The van der Waals surface area contributed by atoms with E-state index in [4.69, 9.17) is 0 Å². The van der Waals surface area contributed by atoms with Gasteiger partial charge in [-0.2, -0.15) is 0 Å². The molecule has 0 spiro atoms. The standard InChI is InChI=1S/C13H22N2OS/c1-10-12(11(2)16)17-13(14-10)15-8-6-4-3-5-7-9-15/h11,16H,3-9H2,1-2H3. The number of aliphatic hydroxyl groups excluding tert-OH is 1. The zero-order valence-corrected chi connectivity index (χ0v) is 11.6. The fourth-order valence-corrected chi connectivity index (χ4v) is 3.41. The predicted molar refractivity (Wildman–Crippen MR) is 72.8 cm³/mol. The van der Waals surface area contributed by atoms with E-state index in [2.05, 4.69) is 9.88 Å². The van der Waals surface area contributed by atoms with Gasteiger partial charge in [0, 0.05) is 13.1 Å². The molecular formula is C13H22N2OS. The summed E-state index contributed by atoms with van der Waals surface area (Å²) in [4.78, 5) is 8.02. The normalized spacial score (nSPS) is 19.8. The summed E-state index contributed by atoms with van der Waals surface area (Å²) in [5.74, 6) is 0. The lowest BCUT2D eigenvalue weighted by molar-refractivity contribution is 0.202. The Bertz CT molecular complexity index is 354. The molecule has 1 atom stereocenters. The zero-order chi connectivity index (χ0) is 12.3. The first-order valence-electron chi connectivity index (χ1n) is 6.59. The van der Waals surface area contributed by atoms with E-state index in [9.17, 15) is 5.11 Å². The third kappa shape index (κ3) is 3.19. The van der Waals surface area contributed by atoms with Gasteiger partial charge in [0.2, 0.25) is 0 Å². The van der Waals surface area contributed by atoms with Crippen LogP contribution in [-0.2, 0) is 0 Å². The Hall–Kier alpha value is -0.610. The topological polar surface area (TPSA) is 36.4 Å². The maximum Gasteiger partial charge on any atom is 0.185 e. The summed E-state index contributed by atoms with van der Waals surface area (Å²) in [6, 6.07) is 0. The number of anilines is 1. The summed E-state index contributed by atoms with van der Waals surface area (Å²) >= 11 is 1.65. The number of aromatic nitrogens is 1. The molecule has 1 N–H and O–H groups in total. The molecule has 0 bridgehead atoms. The maximum absolute atomic E-state index is 9.67. The average molecular weight is 254 g/mol. The molecule has 1 aromatic rings. The van der Waals surface area contributed by atoms with E-state index in [1.54, 1.807) is 11.3 Å². The summed E-state index contributed by atoms with van der Waals surface area (Å²) in [6.45, 7) is 6.04. The molecule has 0 aromatic carbocycles. The molecule has 1 aliphatic rings. The Labute approximate surface area is 107 Å². The summed E-state index contributed by atoms with van der Waals surface area (Å²) in [7, 11) is 0. The van der Waals surface area contributed by atoms with Crippen LogP contribution in [0.3, 0.4) is 0 Å². The van der Waals surface area contributed by atoms with Crippen LogP contribution in [-0.4, -0.2) is 23.2 Å². The minimum absolute atomic E-state index is 0.393. The third-order valence-electron chi connectivity index (χ3n) is 3.33. The summed E-state index contributed by atoms with van der Waals surface area (Å²) < 4.78 is 0. The number of thiazole rings is 1. The van der Waals surface area contributed by atoms with Crippen molar-refractivity contribution in [3.8, 4) is 0 Å². The first-order chi connectivity index (χ1) is 8.18. The minimum Gasteiger partial charge on any atom is -0.388 e. The highest BCUT2D eigenvalue weighted by molar-refractivity contribution is 7.15. The summed E-state index contributed by atoms with van der Waals surface area (Å²) in [5.41, 5.74) is 0.988. The van der Waals surface area contributed by atoms with Crippen molar-refractivity contribution in [3.05, 3.63) is 10.6 Å². The van der Waals surface area contributed by atoms with Crippen LogP contribution >= 0.6 is 11.3 Å². The van der Waals surface area contributed by atoms with Crippen molar-refractivity contribution in [2.45, 2.75) is 52.1 Å². The van der Waals surface area contributed by atoms with Gasteiger partial charge < -0.3 is 10.0 Å². The molecule has 0 radical (unpaired) electrons. The fourth-order valence-electron chi connectivity index (χ4n) is 2.36. The van der Waals surface area contributed by atoms with Crippen molar-refractivity contribution < 1.29 is 5.11 Å². The van der Waals surface area contributed by atoms with Crippen molar-refractivity contribution in [3.63, 3.8) is 0 Å². The van der Waals surface area contributed by atoms with E-state index in [1.165, 1.54) is 32.1 Å². The zero-order valence-electron chi connectivity index (χ0n) is 10.8. The monoisotopic (exact) mass is 254 g/mol. The molecule has 96 valence electrons. The highest BCUT2D eigenvalue weighted by Crippen LogP contribution is 2.31. The van der Waals surface area contributed by atoms with Crippen LogP contribution in [0, 0.1) is 6.92 Å². The van der Waals surface area contributed by atoms with Crippen LogP contribution in [0.2, 0.25) is 0 Å². The van der Waals surface area contributed by atoms with E-state index < -0.39 is 6.10 Å². The lowest BCUT2D eigenvalue weighted by Gasteiger charge is -2.23. The van der Waals surface area contributed by atoms with Gasteiger partial charge in [0.25, 0.3) is 0 Å². The molecule has 1 saturated heterocycles. The van der Waals surface area contributed by atoms with E-state index in [-0.39, 0.29) is 0 Å². The second-order valence-corrected chi connectivity index (χ2v) is 5.89. The minimum atomic E-state index is -0.393. The quantitative estimate of drug-likeness (QED) is 0.880. The van der Waals surface area contributed by atoms with Gasteiger partial charge in [-0.15, -0.1) is 0 Å². The maximum atomic E-state index is 9.67. The molecule has 0 saturated carbocycles. The first-order valence-corrected chi connectivity index (χ1v) is 7.40. The van der Waals surface area contributed by atoms with Crippen LogP contribution in [0.25, 0.3) is 0 Å². The van der Waals surface area contributed by atoms with Crippen LogP contribution < -0.4 is 4.90 Å². The van der Waals surface area contributed by atoms with Crippen LogP contribution in [0.15, 0.2) is 0 Å². The second kappa shape index (κ2) is 5.83. The second-order valence-electron chi connectivity index (χ2n) is 4.88. The number of rotatable bonds is 2. The molecule has 0 amide bonds. The van der Waals surface area contributed by atoms with Gasteiger partial charge in [-0.1, -0.05) is 30.6 Å². The van der Waals surface area contributed by atoms with Gasteiger partial charge in [-0.3, -0.25) is 0 Å². The molecule has 3 nitrogen and oxygen atoms in total. The molecule has 2 heterocycles. The average Bonchev–Trinajstić information content (AvgIpc) is 2.59. The first kappa shape index (κ1) is 12.8. The molecule has 0 aliphatic carbocycles. The molecule has 1 aromatic heterocycles. The van der Waals surface area contributed by atoms with Gasteiger partial charge in [-0.05, 0) is 26.7 Å². The lowest BCUT2D eigenvalue weighted by Crippen LogP contribution is -2.26. The molecular weight excluding hydrogens is 232 g/mol. The number of nitrogens with zero attached hydrogens (tertiary/aromatic N) is 2. The number of hydrogen-bond donors (Lipinski definition) is 1. The Morgan fingerprint density at radius 3 is 2.29 bits per heavy atom. The van der Waals surface area contributed by atoms with Crippen molar-refractivity contribution in [2.24, 2.45) is 0 Å². The van der Waals surface area contributed by atoms with E-state index in [1.807, 2.05) is 13.8 Å². The SMILES string of the molecule is Cc1nc(N2CCCCCCC2)sc1C(C)O. The largest absolute Gasteiger partial charge is 0.388 e. The fraction of sp³-hybridized carbons (Fsp3) is 0.769. The lowest BCUT2D eigenvalue weighted by atomic mass is 10.1. The molecule has 1 unspecified atom stereocenters. The van der Waals surface area contributed by atoms with Gasteiger partial charge >= 0.3 is 0 Å². The molecule has 1 fully saturated rings. The highest BCUT2D eigenvalue weighted by atomic mass is 32.1. The van der Waals surface area contributed by atoms with Crippen molar-refractivity contribution in [1.82, 2.24) is 4.98 Å². The Kier molecular flexibility index (Phi) is 4.40. The summed E-state index contributed by atoms with van der Waals surface area (Å²) in [5, 5.41) is 10.8. The van der Waals surface area contributed by atoms with Crippen LogP contribution in [0.5, 0.6) is 0 Å². The third-order valence-corrected chi connectivity index (χ3v) is 4.72. The Morgan fingerprint density at radius 1 is 1.18 bits per heavy atom. The molecule has 1 aliphatic heterocycles. The highest BCUT2D eigenvalue weighted by Gasteiger charge is 2.17. The van der Waals surface area contributed by atoms with Crippen LogP contribution in [0.4, 0.5) is 5.13 Å². The van der Waals surface area contributed by atoms with Crippen LogP contribution in [0.1, 0.15) is 55.7 Å². The van der Waals surface area contributed by atoms with Gasteiger partial charge in [-0.25, -0.2) is 4.98 Å². The van der Waals surface area contributed by atoms with E-state index in [0.29, 0.717) is 0 Å². The van der Waals surface area contributed by atoms with E-state index in [0.717, 1.165) is 28.8 Å². The van der Waals surface area contributed by atoms with Crippen molar-refractivity contribution in [2.75, 3.05) is 18.0 Å². The number of aryl methyl sites for hydroxylation is 1. The van der Waals surface area contributed by atoms with Gasteiger partial charge in [0.1, 0.15) is 0 Å². The smallest absolute Gasteiger partial charge is 0.185 e.